The molecule has 1 aliphatic heterocycles. The largest absolute Gasteiger partial charge is 0.340 e. The predicted octanol–water partition coefficient (Wildman–Crippen LogP) is 1.24. The zero-order chi connectivity index (χ0) is 10.8. The van der Waals surface area contributed by atoms with Gasteiger partial charge in [-0.15, -0.1) is 0 Å². The van der Waals surface area contributed by atoms with E-state index in [1.54, 1.807) is 0 Å². The van der Waals surface area contributed by atoms with Gasteiger partial charge in [0.05, 0.1) is 0 Å². The van der Waals surface area contributed by atoms with E-state index in [-0.39, 0.29) is 5.54 Å². The second-order valence-corrected chi connectivity index (χ2v) is 5.22. The molecule has 0 unspecified atom stereocenters. The van der Waals surface area contributed by atoms with Gasteiger partial charge in [0.15, 0.2) is 0 Å². The number of rotatable bonds is 2. The second-order valence-electron chi connectivity index (χ2n) is 5.22. The fraction of sp³-hybridized carbons (Fsp3) is 0.909. The number of piperazine rings is 1. The Morgan fingerprint density at radius 3 is 2.64 bits per heavy atom. The number of carbonyl (C=O) groups excluding carboxylic acids is 1. The summed E-state index contributed by atoms with van der Waals surface area (Å²) in [5.74, 6) is 0.759. The molecule has 82 valence electrons. The monoisotopic (exact) mass is 198 g/mol. The van der Waals surface area contributed by atoms with E-state index in [0.717, 1.165) is 19.6 Å². The van der Waals surface area contributed by atoms with Crippen LogP contribution in [0.1, 0.15) is 34.1 Å². The summed E-state index contributed by atoms with van der Waals surface area (Å²) in [6.07, 6.45) is 0.677. The van der Waals surface area contributed by atoms with Crippen LogP contribution < -0.4 is 5.32 Å². The van der Waals surface area contributed by atoms with E-state index < -0.39 is 0 Å². The molecule has 0 aromatic rings. The van der Waals surface area contributed by atoms with Gasteiger partial charge in [0.1, 0.15) is 0 Å². The minimum Gasteiger partial charge on any atom is -0.340 e. The first-order valence-corrected chi connectivity index (χ1v) is 5.43. The minimum atomic E-state index is 0.0743. The Balaban J connectivity index is 2.48. The highest BCUT2D eigenvalue weighted by Crippen LogP contribution is 2.12. The van der Waals surface area contributed by atoms with E-state index in [1.165, 1.54) is 0 Å². The third kappa shape index (κ3) is 3.29. The van der Waals surface area contributed by atoms with Crippen LogP contribution in [0.4, 0.5) is 0 Å². The minimum absolute atomic E-state index is 0.0743. The number of hydrogen-bond acceptors (Lipinski definition) is 2. The van der Waals surface area contributed by atoms with E-state index in [1.807, 2.05) is 4.90 Å². The second kappa shape index (κ2) is 4.30. The van der Waals surface area contributed by atoms with Crippen molar-refractivity contribution in [1.29, 1.82) is 0 Å². The van der Waals surface area contributed by atoms with Crippen LogP contribution in [0.5, 0.6) is 0 Å². The Labute approximate surface area is 86.9 Å². The maximum absolute atomic E-state index is 11.8. The van der Waals surface area contributed by atoms with Gasteiger partial charge in [-0.05, 0) is 19.8 Å². The maximum Gasteiger partial charge on any atom is 0.222 e. The van der Waals surface area contributed by atoms with Crippen LogP contribution in [0.25, 0.3) is 0 Å². The van der Waals surface area contributed by atoms with Crippen LogP contribution in [0.15, 0.2) is 0 Å². The molecular weight excluding hydrogens is 176 g/mol. The average Bonchev–Trinajstić information content (AvgIpc) is 2.01. The number of nitrogens with one attached hydrogen (secondary N) is 1. The topological polar surface area (TPSA) is 32.3 Å². The molecule has 1 N–H and O–H groups in total. The molecule has 1 saturated heterocycles. The van der Waals surface area contributed by atoms with Crippen molar-refractivity contribution in [3.63, 3.8) is 0 Å². The quantitative estimate of drug-likeness (QED) is 0.724. The van der Waals surface area contributed by atoms with Gasteiger partial charge >= 0.3 is 0 Å². The molecule has 1 rings (SSSR count). The molecule has 0 radical (unpaired) electrons. The van der Waals surface area contributed by atoms with Crippen molar-refractivity contribution in [2.24, 2.45) is 5.92 Å². The first-order valence-electron chi connectivity index (χ1n) is 5.43. The molecule has 0 aromatic heterocycles. The van der Waals surface area contributed by atoms with Gasteiger partial charge in [-0.2, -0.15) is 0 Å². The normalized spacial score (nSPS) is 21.4. The van der Waals surface area contributed by atoms with Gasteiger partial charge in [-0.3, -0.25) is 4.79 Å². The summed E-state index contributed by atoms with van der Waals surface area (Å²) in [5.41, 5.74) is 0.0743. The Morgan fingerprint density at radius 1 is 1.50 bits per heavy atom. The Hall–Kier alpha value is -0.570. The highest BCUT2D eigenvalue weighted by molar-refractivity contribution is 5.76. The van der Waals surface area contributed by atoms with E-state index in [0.29, 0.717) is 18.2 Å². The lowest BCUT2D eigenvalue weighted by molar-refractivity contribution is -0.134. The molecule has 1 amide bonds. The molecule has 0 aliphatic carbocycles. The summed E-state index contributed by atoms with van der Waals surface area (Å²) < 4.78 is 0. The lowest BCUT2D eigenvalue weighted by Gasteiger charge is -2.39. The van der Waals surface area contributed by atoms with Crippen molar-refractivity contribution in [2.45, 2.75) is 39.7 Å². The van der Waals surface area contributed by atoms with E-state index in [2.05, 4.69) is 33.0 Å². The number of carbonyl (C=O) groups is 1. The van der Waals surface area contributed by atoms with Gasteiger partial charge in [-0.25, -0.2) is 0 Å². The summed E-state index contributed by atoms with van der Waals surface area (Å²) in [6, 6.07) is 0. The molecule has 1 fully saturated rings. The molecule has 1 heterocycles. The number of hydrogen-bond donors (Lipinski definition) is 1. The SMILES string of the molecule is CC(C)CC(=O)N1CCNC(C)(C)C1. The first-order chi connectivity index (χ1) is 6.41. The molecule has 1 aliphatic rings. The molecule has 0 bridgehead atoms. The van der Waals surface area contributed by atoms with Gasteiger partial charge in [0, 0.05) is 31.6 Å². The first kappa shape index (κ1) is 11.5. The summed E-state index contributed by atoms with van der Waals surface area (Å²) in [4.78, 5) is 13.8. The smallest absolute Gasteiger partial charge is 0.222 e. The van der Waals surface area contributed by atoms with Crippen LogP contribution >= 0.6 is 0 Å². The van der Waals surface area contributed by atoms with Crippen molar-refractivity contribution in [2.75, 3.05) is 19.6 Å². The van der Waals surface area contributed by atoms with Crippen LogP contribution in [-0.2, 0) is 4.79 Å². The van der Waals surface area contributed by atoms with E-state index in [4.69, 9.17) is 0 Å². The molecule has 0 aromatic carbocycles. The summed E-state index contributed by atoms with van der Waals surface area (Å²) >= 11 is 0. The summed E-state index contributed by atoms with van der Waals surface area (Å²) in [7, 11) is 0. The number of nitrogens with zero attached hydrogens (tertiary/aromatic N) is 1. The molecule has 14 heavy (non-hydrogen) atoms. The van der Waals surface area contributed by atoms with E-state index >= 15 is 0 Å². The van der Waals surface area contributed by atoms with Crippen molar-refractivity contribution < 1.29 is 4.79 Å². The van der Waals surface area contributed by atoms with Crippen molar-refractivity contribution >= 4 is 5.91 Å². The van der Waals surface area contributed by atoms with Crippen molar-refractivity contribution in [3.05, 3.63) is 0 Å². The lowest BCUT2D eigenvalue weighted by Crippen LogP contribution is -2.58. The fourth-order valence-corrected chi connectivity index (χ4v) is 1.83. The van der Waals surface area contributed by atoms with Gasteiger partial charge in [-0.1, -0.05) is 13.8 Å². The molecule has 0 atom stereocenters. The van der Waals surface area contributed by atoms with Crippen molar-refractivity contribution in [1.82, 2.24) is 10.2 Å². The molecule has 3 nitrogen and oxygen atoms in total. The van der Waals surface area contributed by atoms with Crippen LogP contribution in [0, 0.1) is 5.92 Å². The molecule has 0 spiro atoms. The third-order valence-electron chi connectivity index (χ3n) is 2.51. The highest BCUT2D eigenvalue weighted by atomic mass is 16.2. The molecule has 0 saturated carbocycles. The maximum atomic E-state index is 11.8. The average molecular weight is 198 g/mol. The van der Waals surface area contributed by atoms with Crippen LogP contribution in [0.3, 0.4) is 0 Å². The van der Waals surface area contributed by atoms with Crippen molar-refractivity contribution in [3.8, 4) is 0 Å². The van der Waals surface area contributed by atoms with Gasteiger partial charge in [0.25, 0.3) is 0 Å². The van der Waals surface area contributed by atoms with Crippen LogP contribution in [0.2, 0.25) is 0 Å². The van der Waals surface area contributed by atoms with Gasteiger partial charge in [0.2, 0.25) is 5.91 Å². The van der Waals surface area contributed by atoms with Crippen LogP contribution in [-0.4, -0.2) is 36.0 Å². The molecular formula is C11H22N2O. The molecule has 3 heteroatoms. The zero-order valence-corrected chi connectivity index (χ0v) is 9.76. The summed E-state index contributed by atoms with van der Waals surface area (Å²) in [6.45, 7) is 11.1. The van der Waals surface area contributed by atoms with E-state index in [9.17, 15) is 4.79 Å². The Bertz CT molecular complexity index is 211. The predicted molar refractivity (Wildman–Crippen MR) is 58.1 cm³/mol. The third-order valence-corrected chi connectivity index (χ3v) is 2.51. The standard InChI is InChI=1S/C11H22N2O/c1-9(2)7-10(14)13-6-5-12-11(3,4)8-13/h9,12H,5-8H2,1-4H3. The zero-order valence-electron chi connectivity index (χ0n) is 9.76. The lowest BCUT2D eigenvalue weighted by atomic mass is 10.0. The Morgan fingerprint density at radius 2 is 2.14 bits per heavy atom. The fourth-order valence-electron chi connectivity index (χ4n) is 1.83. The summed E-state index contributed by atoms with van der Waals surface area (Å²) in [5, 5.41) is 3.40. The highest BCUT2D eigenvalue weighted by Gasteiger charge is 2.28. The van der Waals surface area contributed by atoms with Gasteiger partial charge < -0.3 is 10.2 Å². The number of amides is 1. The Kier molecular flexibility index (Phi) is 3.53.